The average molecular weight is 520 g/mol. The molecule has 0 radical (unpaired) electrons. The number of hydrogen-bond donors (Lipinski definition) is 2. The number of aliphatic hydroxyl groups excluding tert-OH is 1. The Kier molecular flexibility index (Phi) is 7.34. The summed E-state index contributed by atoms with van der Waals surface area (Å²) in [5.41, 5.74) is 2.32. The molecule has 1 aliphatic rings. The van der Waals surface area contributed by atoms with Crippen molar-refractivity contribution in [2.24, 2.45) is 0 Å². The van der Waals surface area contributed by atoms with Gasteiger partial charge in [-0.2, -0.15) is 0 Å². The number of rotatable bonds is 8. The summed E-state index contributed by atoms with van der Waals surface area (Å²) < 4.78 is 12.0. The Labute approximate surface area is 219 Å². The Morgan fingerprint density at radius 1 is 1.16 bits per heavy atom. The zero-order chi connectivity index (χ0) is 25.8. The van der Waals surface area contributed by atoms with Crippen LogP contribution in [0.15, 0.2) is 61.1 Å². The first-order valence-corrected chi connectivity index (χ1v) is 12.3. The third-order valence-electron chi connectivity index (χ3n) is 6.20. The Hall–Kier alpha value is -3.95. The fourth-order valence-corrected chi connectivity index (χ4v) is 4.57. The minimum absolute atomic E-state index is 0.0916. The van der Waals surface area contributed by atoms with Crippen molar-refractivity contribution in [1.82, 2.24) is 19.9 Å². The van der Waals surface area contributed by atoms with Gasteiger partial charge >= 0.3 is 0 Å². The zero-order valence-corrected chi connectivity index (χ0v) is 21.0. The van der Waals surface area contributed by atoms with E-state index >= 15 is 0 Å². The maximum Gasteiger partial charge on any atom is 0.248 e. The molecule has 4 aromatic rings. The van der Waals surface area contributed by atoms with Gasteiger partial charge in [0.2, 0.25) is 5.91 Å². The maximum atomic E-state index is 12.0. The van der Waals surface area contributed by atoms with E-state index in [4.69, 9.17) is 21.1 Å². The second kappa shape index (κ2) is 11.0. The highest BCUT2D eigenvalue weighted by molar-refractivity contribution is 6.32. The molecule has 2 aromatic carbocycles. The number of halogens is 1. The molecule has 0 unspecified atom stereocenters. The van der Waals surface area contributed by atoms with Gasteiger partial charge in [-0.25, -0.2) is 9.97 Å². The van der Waals surface area contributed by atoms with Gasteiger partial charge in [0.25, 0.3) is 0 Å². The molecular weight excluding hydrogens is 494 g/mol. The fourth-order valence-electron chi connectivity index (χ4n) is 4.35. The fraction of sp³-hybridized carbons (Fsp3) is 0.259. The first-order chi connectivity index (χ1) is 18.0. The zero-order valence-electron chi connectivity index (χ0n) is 20.2. The Bertz CT molecular complexity index is 1410. The van der Waals surface area contributed by atoms with E-state index in [0.29, 0.717) is 57.8 Å². The number of fused-ring (bicyclic) bond motifs is 1. The number of aromatic nitrogens is 3. The molecule has 1 aliphatic heterocycles. The van der Waals surface area contributed by atoms with Crippen LogP contribution in [0.3, 0.4) is 0 Å². The molecule has 0 bridgehead atoms. The van der Waals surface area contributed by atoms with Crippen LogP contribution in [0.25, 0.3) is 10.9 Å². The molecule has 2 aromatic heterocycles. The van der Waals surface area contributed by atoms with E-state index in [1.807, 2.05) is 43.3 Å². The second-order valence-electron chi connectivity index (χ2n) is 8.73. The average Bonchev–Trinajstić information content (AvgIpc) is 3.38. The molecule has 37 heavy (non-hydrogen) atoms. The van der Waals surface area contributed by atoms with Crippen LogP contribution in [0.5, 0.6) is 17.2 Å². The predicted molar refractivity (Wildman–Crippen MR) is 141 cm³/mol. The first-order valence-electron chi connectivity index (χ1n) is 12.0. The summed E-state index contributed by atoms with van der Waals surface area (Å²) in [6, 6.07) is 14.6. The molecule has 190 valence electrons. The summed E-state index contributed by atoms with van der Waals surface area (Å²) >= 11 is 6.51. The summed E-state index contributed by atoms with van der Waals surface area (Å²) in [7, 11) is 0. The lowest BCUT2D eigenvalue weighted by atomic mass is 10.2. The third kappa shape index (κ3) is 5.58. The van der Waals surface area contributed by atoms with Gasteiger partial charge in [-0.1, -0.05) is 17.7 Å². The van der Waals surface area contributed by atoms with Gasteiger partial charge in [-0.15, -0.1) is 0 Å². The molecule has 9 nitrogen and oxygen atoms in total. The molecule has 1 fully saturated rings. The standard InChI is InChI=1S/C27H26ClN5O4/c1-17-7-9-20(13-29-17)37-23-10-8-18(12-21(23)28)32-27-26-22(30-16-31-27)5-2-6-24(26)36-15-19-4-3-11-33(19)25(35)14-34/h2,5-10,12-13,16,19,34H,3-4,11,14-15H2,1H3,(H,30,31,32)/t19-/m0/s1. The van der Waals surface area contributed by atoms with Crippen molar-refractivity contribution in [3.63, 3.8) is 0 Å². The number of aliphatic hydroxyl groups is 1. The van der Waals surface area contributed by atoms with Crippen molar-refractivity contribution in [3.8, 4) is 17.2 Å². The number of likely N-dealkylation sites (tertiary alicyclic amines) is 1. The van der Waals surface area contributed by atoms with Crippen LogP contribution in [0, 0.1) is 6.92 Å². The van der Waals surface area contributed by atoms with E-state index in [9.17, 15) is 9.90 Å². The maximum absolute atomic E-state index is 12.0. The summed E-state index contributed by atoms with van der Waals surface area (Å²) in [5, 5.41) is 13.7. The minimum atomic E-state index is -0.499. The topological polar surface area (TPSA) is 110 Å². The molecule has 2 N–H and O–H groups in total. The Morgan fingerprint density at radius 2 is 2.05 bits per heavy atom. The number of ether oxygens (including phenoxy) is 2. The van der Waals surface area contributed by atoms with Crippen LogP contribution in [0.4, 0.5) is 11.5 Å². The van der Waals surface area contributed by atoms with Crippen molar-refractivity contribution in [1.29, 1.82) is 0 Å². The van der Waals surface area contributed by atoms with Gasteiger partial charge in [-0.05, 0) is 62.2 Å². The normalized spacial score (nSPS) is 15.1. The number of carbonyl (C=O) groups is 1. The molecule has 1 amide bonds. The van der Waals surface area contributed by atoms with Crippen LogP contribution >= 0.6 is 11.6 Å². The van der Waals surface area contributed by atoms with Gasteiger partial charge in [0.15, 0.2) is 0 Å². The molecule has 1 atom stereocenters. The minimum Gasteiger partial charge on any atom is -0.491 e. The molecule has 3 heterocycles. The molecule has 10 heteroatoms. The number of anilines is 2. The Balaban J connectivity index is 1.36. The Morgan fingerprint density at radius 3 is 2.84 bits per heavy atom. The smallest absolute Gasteiger partial charge is 0.248 e. The molecule has 1 saturated heterocycles. The lowest BCUT2D eigenvalue weighted by Crippen LogP contribution is -2.40. The molecule has 0 spiro atoms. The van der Waals surface area contributed by atoms with E-state index in [1.54, 1.807) is 23.2 Å². The predicted octanol–water partition coefficient (Wildman–Crippen LogP) is 4.88. The van der Waals surface area contributed by atoms with Crippen LogP contribution in [-0.2, 0) is 4.79 Å². The SMILES string of the molecule is Cc1ccc(Oc2ccc(Nc3ncnc4cccc(OC[C@@H]5CCCN5C(=O)CO)c34)cc2Cl)cn1. The van der Waals surface area contributed by atoms with Crippen LogP contribution in [0.1, 0.15) is 18.5 Å². The summed E-state index contributed by atoms with van der Waals surface area (Å²) in [6.07, 6.45) is 4.84. The molecular formula is C27H26ClN5O4. The van der Waals surface area contributed by atoms with Gasteiger partial charge in [0.1, 0.15) is 42.6 Å². The number of benzene rings is 2. The highest BCUT2D eigenvalue weighted by Crippen LogP contribution is 2.35. The first kappa shape index (κ1) is 24.7. The highest BCUT2D eigenvalue weighted by atomic mass is 35.5. The van der Waals surface area contributed by atoms with E-state index < -0.39 is 6.61 Å². The number of nitrogens with one attached hydrogen (secondary N) is 1. The summed E-state index contributed by atoms with van der Waals surface area (Å²) in [4.78, 5) is 26.8. The number of amides is 1. The van der Waals surface area contributed by atoms with Crippen molar-refractivity contribution < 1.29 is 19.4 Å². The van der Waals surface area contributed by atoms with E-state index in [0.717, 1.165) is 18.5 Å². The van der Waals surface area contributed by atoms with E-state index in [1.165, 1.54) is 6.33 Å². The number of hydrogen-bond acceptors (Lipinski definition) is 8. The molecule has 5 rings (SSSR count). The lowest BCUT2D eigenvalue weighted by molar-refractivity contribution is -0.135. The van der Waals surface area contributed by atoms with Crippen molar-refractivity contribution in [2.45, 2.75) is 25.8 Å². The largest absolute Gasteiger partial charge is 0.491 e. The van der Waals surface area contributed by atoms with Gasteiger partial charge in [0, 0.05) is 17.9 Å². The van der Waals surface area contributed by atoms with Gasteiger partial charge in [0.05, 0.1) is 28.2 Å². The number of carbonyl (C=O) groups excluding carboxylic acids is 1. The van der Waals surface area contributed by atoms with E-state index in [-0.39, 0.29) is 11.9 Å². The quantitative estimate of drug-likeness (QED) is 0.339. The summed E-state index contributed by atoms with van der Waals surface area (Å²) in [6.45, 7) is 2.35. The number of aryl methyl sites for hydroxylation is 1. The second-order valence-corrected chi connectivity index (χ2v) is 9.14. The molecule has 0 aliphatic carbocycles. The number of nitrogens with zero attached hydrogens (tertiary/aromatic N) is 4. The van der Waals surface area contributed by atoms with Gasteiger partial charge < -0.3 is 24.8 Å². The van der Waals surface area contributed by atoms with E-state index in [2.05, 4.69) is 20.3 Å². The lowest BCUT2D eigenvalue weighted by Gasteiger charge is -2.24. The van der Waals surface area contributed by atoms with Gasteiger partial charge in [-0.3, -0.25) is 9.78 Å². The van der Waals surface area contributed by atoms with Crippen LogP contribution in [0.2, 0.25) is 5.02 Å². The van der Waals surface area contributed by atoms with Crippen LogP contribution < -0.4 is 14.8 Å². The monoisotopic (exact) mass is 519 g/mol. The van der Waals surface area contributed by atoms with Crippen molar-refractivity contribution >= 4 is 39.9 Å². The number of pyridine rings is 1. The van der Waals surface area contributed by atoms with Crippen molar-refractivity contribution in [2.75, 3.05) is 25.1 Å². The van der Waals surface area contributed by atoms with Crippen LogP contribution in [-0.4, -0.2) is 56.7 Å². The van der Waals surface area contributed by atoms with Crippen molar-refractivity contribution in [3.05, 3.63) is 71.8 Å². The highest BCUT2D eigenvalue weighted by Gasteiger charge is 2.29. The molecule has 0 saturated carbocycles. The summed E-state index contributed by atoms with van der Waals surface area (Å²) in [5.74, 6) is 1.98. The third-order valence-corrected chi connectivity index (χ3v) is 6.49.